The molecule has 0 amide bonds. The first kappa shape index (κ1) is 16.5. The first-order valence-electron chi connectivity index (χ1n) is 5.82. The highest BCUT2D eigenvalue weighted by Gasteiger charge is 2.37. The second-order valence-electron chi connectivity index (χ2n) is 5.91. The highest BCUT2D eigenvalue weighted by molar-refractivity contribution is 9.10. The van der Waals surface area contributed by atoms with Gasteiger partial charge in [-0.15, -0.1) is 0 Å². The van der Waals surface area contributed by atoms with Crippen molar-refractivity contribution in [3.63, 3.8) is 0 Å². The van der Waals surface area contributed by atoms with E-state index in [2.05, 4.69) is 49.8 Å². The van der Waals surface area contributed by atoms with E-state index in [9.17, 15) is 0 Å². The SMILES string of the molecule is CC(C)(C)[Si](C)(C)OCc1cc(Br)cc(Cl)c1Cl. The van der Waals surface area contributed by atoms with E-state index in [-0.39, 0.29) is 5.04 Å². The summed E-state index contributed by atoms with van der Waals surface area (Å²) in [6.07, 6.45) is 0. The minimum absolute atomic E-state index is 0.190. The Balaban J connectivity index is 2.88. The topological polar surface area (TPSA) is 9.23 Å². The molecule has 0 atom stereocenters. The highest BCUT2D eigenvalue weighted by Crippen LogP contribution is 2.38. The molecule has 0 radical (unpaired) electrons. The number of hydrogen-bond acceptors (Lipinski definition) is 1. The van der Waals surface area contributed by atoms with E-state index in [0.717, 1.165) is 10.0 Å². The summed E-state index contributed by atoms with van der Waals surface area (Å²) in [5.41, 5.74) is 0.931. The molecule has 0 aliphatic heterocycles. The van der Waals surface area contributed by atoms with Crippen LogP contribution in [0.2, 0.25) is 28.2 Å². The van der Waals surface area contributed by atoms with Crippen LogP contribution in [-0.2, 0) is 11.0 Å². The van der Waals surface area contributed by atoms with Gasteiger partial charge in [0.2, 0.25) is 0 Å². The van der Waals surface area contributed by atoms with E-state index in [1.54, 1.807) is 6.07 Å². The van der Waals surface area contributed by atoms with Gasteiger partial charge in [-0.2, -0.15) is 0 Å². The summed E-state index contributed by atoms with van der Waals surface area (Å²) in [6, 6.07) is 3.75. The lowest BCUT2D eigenvalue weighted by Gasteiger charge is -2.36. The average Bonchev–Trinajstić information content (AvgIpc) is 2.19. The smallest absolute Gasteiger partial charge is 0.192 e. The quantitative estimate of drug-likeness (QED) is 0.450. The lowest BCUT2D eigenvalue weighted by atomic mass is 10.2. The van der Waals surface area contributed by atoms with Crippen LogP contribution in [0.1, 0.15) is 26.3 Å². The van der Waals surface area contributed by atoms with Gasteiger partial charge in [-0.3, -0.25) is 0 Å². The largest absolute Gasteiger partial charge is 0.413 e. The number of hydrogen-bond donors (Lipinski definition) is 0. The van der Waals surface area contributed by atoms with Crippen molar-refractivity contribution in [2.45, 2.75) is 45.5 Å². The van der Waals surface area contributed by atoms with Gasteiger partial charge in [0.1, 0.15) is 0 Å². The van der Waals surface area contributed by atoms with Gasteiger partial charge in [0.05, 0.1) is 16.7 Å². The second-order valence-corrected chi connectivity index (χ2v) is 12.4. The lowest BCUT2D eigenvalue weighted by Crippen LogP contribution is -2.40. The van der Waals surface area contributed by atoms with E-state index >= 15 is 0 Å². The van der Waals surface area contributed by atoms with E-state index in [4.69, 9.17) is 27.6 Å². The maximum absolute atomic E-state index is 6.19. The molecule has 1 aromatic rings. The van der Waals surface area contributed by atoms with Gasteiger partial charge in [-0.1, -0.05) is 59.9 Å². The van der Waals surface area contributed by atoms with Gasteiger partial charge >= 0.3 is 0 Å². The molecule has 0 saturated heterocycles. The van der Waals surface area contributed by atoms with Crippen molar-refractivity contribution in [2.24, 2.45) is 0 Å². The maximum atomic E-state index is 6.19. The van der Waals surface area contributed by atoms with Gasteiger partial charge in [-0.05, 0) is 35.8 Å². The molecule has 0 aliphatic carbocycles. The minimum atomic E-state index is -1.76. The summed E-state index contributed by atoms with van der Waals surface area (Å²) in [7, 11) is -1.76. The van der Waals surface area contributed by atoms with Crippen molar-refractivity contribution in [3.05, 3.63) is 32.2 Å². The van der Waals surface area contributed by atoms with Crippen LogP contribution >= 0.6 is 39.1 Å². The molecule has 18 heavy (non-hydrogen) atoms. The second kappa shape index (κ2) is 5.84. The molecule has 102 valence electrons. The zero-order valence-electron chi connectivity index (χ0n) is 11.4. The Morgan fingerprint density at radius 3 is 2.28 bits per heavy atom. The Morgan fingerprint density at radius 1 is 1.22 bits per heavy atom. The third-order valence-corrected chi connectivity index (χ3v) is 9.24. The standard InChI is InChI=1S/C13H19BrCl2OSi/c1-13(2,3)18(4,5)17-8-9-6-10(14)7-11(15)12(9)16/h6-7H,8H2,1-5H3. The molecule has 1 aromatic carbocycles. The monoisotopic (exact) mass is 368 g/mol. The fourth-order valence-corrected chi connectivity index (χ4v) is 3.18. The van der Waals surface area contributed by atoms with Crippen LogP contribution in [0, 0.1) is 0 Å². The van der Waals surface area contributed by atoms with E-state index in [1.807, 2.05) is 6.07 Å². The van der Waals surface area contributed by atoms with Crippen LogP contribution in [-0.4, -0.2) is 8.32 Å². The maximum Gasteiger partial charge on any atom is 0.192 e. The van der Waals surface area contributed by atoms with Gasteiger partial charge in [0.15, 0.2) is 8.32 Å². The van der Waals surface area contributed by atoms with Crippen molar-refractivity contribution >= 4 is 47.4 Å². The predicted octanol–water partition coefficient (Wildman–Crippen LogP) is 6.28. The first-order chi connectivity index (χ1) is 8.04. The van der Waals surface area contributed by atoms with Crippen LogP contribution in [0.25, 0.3) is 0 Å². The molecule has 1 nitrogen and oxygen atoms in total. The normalized spacial score (nSPS) is 12.9. The molecule has 0 aromatic heterocycles. The molecule has 0 unspecified atom stereocenters. The summed E-state index contributed by atoms with van der Waals surface area (Å²) >= 11 is 15.7. The van der Waals surface area contributed by atoms with E-state index in [1.165, 1.54) is 0 Å². The number of halogens is 3. The summed E-state index contributed by atoms with van der Waals surface area (Å²) in [6.45, 7) is 11.6. The molecule has 0 bridgehead atoms. The third kappa shape index (κ3) is 3.97. The number of rotatable bonds is 3. The molecule has 0 heterocycles. The lowest BCUT2D eigenvalue weighted by molar-refractivity contribution is 0.276. The molecule has 0 aliphatic rings. The molecular formula is C13H19BrCl2OSi. The zero-order valence-corrected chi connectivity index (χ0v) is 15.5. The number of benzene rings is 1. The van der Waals surface area contributed by atoms with Crippen LogP contribution in [0.3, 0.4) is 0 Å². The molecule has 0 spiro atoms. The summed E-state index contributed by atoms with van der Waals surface area (Å²) in [4.78, 5) is 0. The summed E-state index contributed by atoms with van der Waals surface area (Å²) in [5.74, 6) is 0. The molecule has 0 saturated carbocycles. The van der Waals surface area contributed by atoms with Gasteiger partial charge in [-0.25, -0.2) is 0 Å². The van der Waals surface area contributed by atoms with Crippen molar-refractivity contribution in [2.75, 3.05) is 0 Å². The fraction of sp³-hybridized carbons (Fsp3) is 0.538. The Labute approximate surface area is 129 Å². The van der Waals surface area contributed by atoms with Crippen LogP contribution in [0.4, 0.5) is 0 Å². The minimum Gasteiger partial charge on any atom is -0.413 e. The Morgan fingerprint density at radius 2 is 1.78 bits per heavy atom. The molecule has 0 N–H and O–H groups in total. The molecule has 1 rings (SSSR count). The van der Waals surface area contributed by atoms with Gasteiger partial charge in [0, 0.05) is 4.47 Å². The van der Waals surface area contributed by atoms with Gasteiger partial charge in [0.25, 0.3) is 0 Å². The molecule has 5 heteroatoms. The Hall–Kier alpha value is 0.457. The highest BCUT2D eigenvalue weighted by atomic mass is 79.9. The van der Waals surface area contributed by atoms with Gasteiger partial charge < -0.3 is 4.43 Å². The average molecular weight is 370 g/mol. The van der Waals surface area contributed by atoms with Crippen molar-refractivity contribution in [1.82, 2.24) is 0 Å². The Kier molecular flexibility index (Phi) is 5.36. The van der Waals surface area contributed by atoms with Crippen molar-refractivity contribution < 1.29 is 4.43 Å². The predicted molar refractivity (Wildman–Crippen MR) is 86.1 cm³/mol. The van der Waals surface area contributed by atoms with Crippen molar-refractivity contribution in [3.8, 4) is 0 Å². The van der Waals surface area contributed by atoms with Crippen LogP contribution < -0.4 is 0 Å². The fourth-order valence-electron chi connectivity index (χ4n) is 1.19. The zero-order chi connectivity index (χ0) is 14.1. The molecule has 0 fully saturated rings. The van der Waals surface area contributed by atoms with E-state index in [0.29, 0.717) is 16.7 Å². The van der Waals surface area contributed by atoms with Crippen molar-refractivity contribution in [1.29, 1.82) is 0 Å². The van der Waals surface area contributed by atoms with Crippen LogP contribution in [0.5, 0.6) is 0 Å². The first-order valence-corrected chi connectivity index (χ1v) is 10.3. The van der Waals surface area contributed by atoms with E-state index < -0.39 is 8.32 Å². The van der Waals surface area contributed by atoms with Crippen LogP contribution in [0.15, 0.2) is 16.6 Å². The summed E-state index contributed by atoms with van der Waals surface area (Å²) < 4.78 is 7.07. The molecular weight excluding hydrogens is 351 g/mol. The Bertz CT molecular complexity index is 441. The summed E-state index contributed by atoms with van der Waals surface area (Å²) in [5, 5.41) is 1.33. The third-order valence-electron chi connectivity index (χ3n) is 3.46.